The summed E-state index contributed by atoms with van der Waals surface area (Å²) in [5.41, 5.74) is 0.961. The first-order chi connectivity index (χ1) is 8.70. The minimum Gasteiger partial charge on any atom is -0.383 e. The topological polar surface area (TPSA) is 38.2 Å². The molecular weight excluding hydrogens is 250 g/mol. The zero-order chi connectivity index (χ0) is 13.0. The van der Waals surface area contributed by atoms with Crippen LogP contribution < -0.4 is 0 Å². The van der Waals surface area contributed by atoms with Gasteiger partial charge in [0.25, 0.3) is 0 Å². The van der Waals surface area contributed by atoms with Crippen LogP contribution in [0.15, 0.2) is 12.4 Å². The molecule has 0 radical (unpaired) electrons. The Balaban J connectivity index is 1.96. The summed E-state index contributed by atoms with van der Waals surface area (Å²) in [6.07, 6.45) is 6.04. The Bertz CT molecular complexity index is 367. The molecule has 1 unspecified atom stereocenters. The van der Waals surface area contributed by atoms with E-state index in [0.29, 0.717) is 11.2 Å². The van der Waals surface area contributed by atoms with Crippen molar-refractivity contribution in [2.24, 2.45) is 5.92 Å². The third kappa shape index (κ3) is 3.90. The van der Waals surface area contributed by atoms with Crippen LogP contribution >= 0.6 is 11.6 Å². The second kappa shape index (κ2) is 6.45. The molecule has 4 nitrogen and oxygen atoms in total. The van der Waals surface area contributed by atoms with Crippen LogP contribution in [0, 0.1) is 5.92 Å². The molecule has 0 spiro atoms. The maximum Gasteiger partial charge on any atom is 0.147 e. The second-order valence-corrected chi connectivity index (χ2v) is 5.26. The average molecular weight is 270 g/mol. The molecule has 2 rings (SSSR count). The number of ether oxygens (including phenoxy) is 1. The molecule has 0 saturated heterocycles. The van der Waals surface area contributed by atoms with Gasteiger partial charge in [-0.25, -0.2) is 4.98 Å². The molecule has 1 saturated carbocycles. The molecule has 1 aliphatic carbocycles. The third-order valence-corrected chi connectivity index (χ3v) is 3.70. The molecule has 1 fully saturated rings. The Morgan fingerprint density at radius 2 is 2.22 bits per heavy atom. The molecule has 0 N–H and O–H groups in total. The highest BCUT2D eigenvalue weighted by molar-refractivity contribution is 6.29. The minimum atomic E-state index is 0.442. The third-order valence-electron chi connectivity index (χ3n) is 3.50. The van der Waals surface area contributed by atoms with E-state index in [1.165, 1.54) is 12.8 Å². The minimum absolute atomic E-state index is 0.442. The van der Waals surface area contributed by atoms with E-state index < -0.39 is 0 Å². The van der Waals surface area contributed by atoms with Gasteiger partial charge in [0.2, 0.25) is 0 Å². The lowest BCUT2D eigenvalue weighted by Crippen LogP contribution is -2.36. The zero-order valence-corrected chi connectivity index (χ0v) is 11.7. The summed E-state index contributed by atoms with van der Waals surface area (Å²) in [5.74, 6) is 0.835. The molecular formula is C13H20ClN3O. The lowest BCUT2D eigenvalue weighted by Gasteiger charge is -2.28. The lowest BCUT2D eigenvalue weighted by molar-refractivity contribution is 0.110. The van der Waals surface area contributed by atoms with E-state index in [1.54, 1.807) is 19.5 Å². The molecule has 100 valence electrons. The number of rotatable bonds is 7. The van der Waals surface area contributed by atoms with Crippen LogP contribution in [0.3, 0.4) is 0 Å². The molecule has 0 bridgehead atoms. The first-order valence-electron chi connectivity index (χ1n) is 6.40. The first kappa shape index (κ1) is 13.7. The summed E-state index contributed by atoms with van der Waals surface area (Å²) in [4.78, 5) is 10.8. The number of aromatic nitrogens is 2. The normalized spacial score (nSPS) is 17.1. The molecule has 5 heteroatoms. The van der Waals surface area contributed by atoms with Gasteiger partial charge in [0.1, 0.15) is 5.15 Å². The van der Waals surface area contributed by atoms with Gasteiger partial charge in [0.15, 0.2) is 0 Å². The van der Waals surface area contributed by atoms with Crippen molar-refractivity contribution in [3.63, 3.8) is 0 Å². The molecule has 1 atom stereocenters. The van der Waals surface area contributed by atoms with Crippen LogP contribution in [0.2, 0.25) is 5.15 Å². The summed E-state index contributed by atoms with van der Waals surface area (Å²) < 4.78 is 5.18. The van der Waals surface area contributed by atoms with Crippen molar-refractivity contribution in [2.45, 2.75) is 32.4 Å². The summed E-state index contributed by atoms with van der Waals surface area (Å²) in [7, 11) is 1.74. The Morgan fingerprint density at radius 1 is 1.44 bits per heavy atom. The first-order valence-corrected chi connectivity index (χ1v) is 6.78. The molecule has 1 aromatic rings. The molecule has 0 amide bonds. The maximum absolute atomic E-state index is 5.75. The van der Waals surface area contributed by atoms with Crippen molar-refractivity contribution >= 4 is 11.6 Å². The summed E-state index contributed by atoms with van der Waals surface area (Å²) >= 11 is 5.75. The van der Waals surface area contributed by atoms with Crippen LogP contribution in [-0.2, 0) is 11.3 Å². The van der Waals surface area contributed by atoms with Gasteiger partial charge in [-0.15, -0.1) is 0 Å². The number of hydrogen-bond acceptors (Lipinski definition) is 4. The van der Waals surface area contributed by atoms with E-state index >= 15 is 0 Å². The SMILES string of the molecule is COCCN(Cc1cnc(Cl)cn1)C(C)C1CC1. The molecule has 0 aliphatic heterocycles. The van der Waals surface area contributed by atoms with Crippen molar-refractivity contribution < 1.29 is 4.74 Å². The van der Waals surface area contributed by atoms with Gasteiger partial charge in [-0.3, -0.25) is 9.88 Å². The predicted molar refractivity (Wildman–Crippen MR) is 71.5 cm³/mol. The van der Waals surface area contributed by atoms with E-state index in [2.05, 4.69) is 21.8 Å². The Hall–Kier alpha value is -0.710. The Labute approximate surface area is 113 Å². The van der Waals surface area contributed by atoms with Gasteiger partial charge in [0.05, 0.1) is 24.7 Å². The Kier molecular flexibility index (Phi) is 4.92. The van der Waals surface area contributed by atoms with E-state index in [1.807, 2.05) is 0 Å². The number of methoxy groups -OCH3 is 1. The summed E-state index contributed by atoms with van der Waals surface area (Å²) in [6, 6.07) is 0.581. The van der Waals surface area contributed by atoms with Crippen molar-refractivity contribution in [1.29, 1.82) is 0 Å². The quantitative estimate of drug-likeness (QED) is 0.762. The van der Waals surface area contributed by atoms with Crippen molar-refractivity contribution in [3.05, 3.63) is 23.2 Å². The highest BCUT2D eigenvalue weighted by Crippen LogP contribution is 2.35. The van der Waals surface area contributed by atoms with Crippen molar-refractivity contribution in [3.8, 4) is 0 Å². The van der Waals surface area contributed by atoms with Gasteiger partial charge in [0, 0.05) is 26.2 Å². The van der Waals surface area contributed by atoms with Crippen LogP contribution in [0.25, 0.3) is 0 Å². The van der Waals surface area contributed by atoms with Gasteiger partial charge < -0.3 is 4.74 Å². The second-order valence-electron chi connectivity index (χ2n) is 4.87. The number of hydrogen-bond donors (Lipinski definition) is 0. The largest absolute Gasteiger partial charge is 0.383 e. The number of halogens is 1. The average Bonchev–Trinajstić information content (AvgIpc) is 3.20. The van der Waals surface area contributed by atoms with Crippen LogP contribution in [0.5, 0.6) is 0 Å². The van der Waals surface area contributed by atoms with Gasteiger partial charge >= 0.3 is 0 Å². The lowest BCUT2D eigenvalue weighted by atomic mass is 10.1. The highest BCUT2D eigenvalue weighted by Gasteiger charge is 2.31. The zero-order valence-electron chi connectivity index (χ0n) is 11.0. The summed E-state index contributed by atoms with van der Waals surface area (Å²) in [6.45, 7) is 4.78. The van der Waals surface area contributed by atoms with E-state index in [0.717, 1.165) is 31.3 Å². The van der Waals surface area contributed by atoms with Gasteiger partial charge in [-0.2, -0.15) is 0 Å². The molecule has 1 aliphatic rings. The monoisotopic (exact) mass is 269 g/mol. The van der Waals surface area contributed by atoms with E-state index in [-0.39, 0.29) is 0 Å². The fourth-order valence-electron chi connectivity index (χ4n) is 2.14. The fraction of sp³-hybridized carbons (Fsp3) is 0.692. The highest BCUT2D eigenvalue weighted by atomic mass is 35.5. The van der Waals surface area contributed by atoms with Crippen molar-refractivity contribution in [1.82, 2.24) is 14.9 Å². The van der Waals surface area contributed by atoms with Gasteiger partial charge in [-0.05, 0) is 25.7 Å². The predicted octanol–water partition coefficient (Wildman–Crippen LogP) is 2.38. The molecule has 1 heterocycles. The van der Waals surface area contributed by atoms with E-state index in [9.17, 15) is 0 Å². The smallest absolute Gasteiger partial charge is 0.147 e. The molecule has 1 aromatic heterocycles. The van der Waals surface area contributed by atoms with Crippen molar-refractivity contribution in [2.75, 3.05) is 20.3 Å². The summed E-state index contributed by atoms with van der Waals surface area (Å²) in [5, 5.41) is 0.442. The van der Waals surface area contributed by atoms with Crippen LogP contribution in [-0.4, -0.2) is 41.2 Å². The maximum atomic E-state index is 5.75. The number of nitrogens with zero attached hydrogens (tertiary/aromatic N) is 3. The van der Waals surface area contributed by atoms with Crippen LogP contribution in [0.4, 0.5) is 0 Å². The van der Waals surface area contributed by atoms with Crippen LogP contribution in [0.1, 0.15) is 25.5 Å². The molecule has 18 heavy (non-hydrogen) atoms. The Morgan fingerprint density at radius 3 is 2.78 bits per heavy atom. The van der Waals surface area contributed by atoms with Gasteiger partial charge in [-0.1, -0.05) is 11.6 Å². The standard InChI is InChI=1S/C13H20ClN3O/c1-10(11-3-4-11)17(5-6-18-2)9-12-7-16-13(14)8-15-12/h7-8,10-11H,3-6,9H2,1-2H3. The fourth-order valence-corrected chi connectivity index (χ4v) is 2.24. The van der Waals surface area contributed by atoms with E-state index in [4.69, 9.17) is 16.3 Å². The molecule has 0 aromatic carbocycles.